The molecule has 0 spiro atoms. The molecule has 0 fully saturated rings. The van der Waals surface area contributed by atoms with Crippen LogP contribution in [0, 0.1) is 0 Å². The molecular formula is C20H38IN5O. The fourth-order valence-electron chi connectivity index (χ4n) is 2.58. The SMILES string of the molecule is CCNC(=NCc1ccc(CN(C)C)cc1)NCCN(C)CCCOC.I. The Bertz CT molecular complexity index is 508. The number of benzene rings is 1. The number of methoxy groups -OCH3 is 1. The molecular weight excluding hydrogens is 453 g/mol. The third kappa shape index (κ3) is 13.0. The molecule has 0 heterocycles. The van der Waals surface area contributed by atoms with E-state index < -0.39 is 0 Å². The second-order valence-electron chi connectivity index (χ2n) is 6.83. The normalized spacial score (nSPS) is 11.6. The lowest BCUT2D eigenvalue weighted by atomic mass is 10.1. The van der Waals surface area contributed by atoms with Crippen molar-refractivity contribution < 1.29 is 4.74 Å². The summed E-state index contributed by atoms with van der Waals surface area (Å²) in [5.74, 6) is 0.871. The molecule has 0 atom stereocenters. The van der Waals surface area contributed by atoms with Crippen LogP contribution < -0.4 is 10.6 Å². The van der Waals surface area contributed by atoms with E-state index in [1.807, 2.05) is 0 Å². The molecule has 2 N–H and O–H groups in total. The van der Waals surface area contributed by atoms with E-state index >= 15 is 0 Å². The monoisotopic (exact) mass is 491 g/mol. The molecule has 0 aliphatic carbocycles. The van der Waals surface area contributed by atoms with E-state index in [4.69, 9.17) is 9.73 Å². The number of guanidine groups is 1. The highest BCUT2D eigenvalue weighted by Gasteiger charge is 2.01. The summed E-state index contributed by atoms with van der Waals surface area (Å²) in [4.78, 5) is 9.17. The van der Waals surface area contributed by atoms with Crippen molar-refractivity contribution in [3.63, 3.8) is 0 Å². The van der Waals surface area contributed by atoms with Gasteiger partial charge in [0.2, 0.25) is 0 Å². The maximum absolute atomic E-state index is 5.09. The van der Waals surface area contributed by atoms with Crippen molar-refractivity contribution in [2.75, 3.05) is 61.0 Å². The summed E-state index contributed by atoms with van der Waals surface area (Å²) in [5, 5.41) is 6.72. The van der Waals surface area contributed by atoms with Crippen LogP contribution in [0.15, 0.2) is 29.3 Å². The fourth-order valence-corrected chi connectivity index (χ4v) is 2.58. The number of hydrogen-bond donors (Lipinski definition) is 2. The number of hydrogen-bond acceptors (Lipinski definition) is 4. The van der Waals surface area contributed by atoms with E-state index in [0.29, 0.717) is 6.54 Å². The molecule has 0 unspecified atom stereocenters. The van der Waals surface area contributed by atoms with Crippen molar-refractivity contribution >= 4 is 29.9 Å². The van der Waals surface area contributed by atoms with Gasteiger partial charge in [-0.25, -0.2) is 4.99 Å². The number of halogens is 1. The zero-order chi connectivity index (χ0) is 19.2. The summed E-state index contributed by atoms with van der Waals surface area (Å²) in [6.45, 7) is 8.30. The standard InChI is InChI=1S/C20H37N5O.HI/c1-6-21-20(22-12-14-25(4)13-7-15-26-5)23-16-18-8-10-19(11-9-18)17-24(2)3;/h8-11H,6-7,12-17H2,1-5H3,(H2,21,22,23);1H. The molecule has 6 nitrogen and oxygen atoms in total. The minimum absolute atomic E-state index is 0. The van der Waals surface area contributed by atoms with Gasteiger partial charge in [0.25, 0.3) is 0 Å². The topological polar surface area (TPSA) is 52.1 Å². The molecule has 0 saturated heterocycles. The number of ether oxygens (including phenoxy) is 1. The lowest BCUT2D eigenvalue weighted by molar-refractivity contribution is 0.180. The van der Waals surface area contributed by atoms with Crippen molar-refractivity contribution in [3.8, 4) is 0 Å². The van der Waals surface area contributed by atoms with Crippen molar-refractivity contribution in [1.29, 1.82) is 0 Å². The average molecular weight is 491 g/mol. The summed E-state index contributed by atoms with van der Waals surface area (Å²) >= 11 is 0. The predicted molar refractivity (Wildman–Crippen MR) is 126 cm³/mol. The second kappa shape index (κ2) is 16.1. The Kier molecular flexibility index (Phi) is 15.6. The van der Waals surface area contributed by atoms with Gasteiger partial charge in [0.1, 0.15) is 0 Å². The second-order valence-corrected chi connectivity index (χ2v) is 6.83. The highest BCUT2D eigenvalue weighted by molar-refractivity contribution is 14.0. The first-order valence-electron chi connectivity index (χ1n) is 9.47. The van der Waals surface area contributed by atoms with Crippen LogP contribution in [0.4, 0.5) is 0 Å². The first kappa shape index (κ1) is 26.1. The van der Waals surface area contributed by atoms with Crippen molar-refractivity contribution in [2.45, 2.75) is 26.4 Å². The van der Waals surface area contributed by atoms with Gasteiger partial charge in [-0.05, 0) is 45.6 Å². The van der Waals surface area contributed by atoms with E-state index in [-0.39, 0.29) is 24.0 Å². The third-order valence-corrected chi connectivity index (χ3v) is 3.96. The van der Waals surface area contributed by atoms with Crippen molar-refractivity contribution in [1.82, 2.24) is 20.4 Å². The van der Waals surface area contributed by atoms with Gasteiger partial charge in [0, 0.05) is 46.4 Å². The van der Waals surface area contributed by atoms with E-state index in [0.717, 1.165) is 51.7 Å². The smallest absolute Gasteiger partial charge is 0.191 e. The van der Waals surface area contributed by atoms with Crippen LogP contribution in [0.3, 0.4) is 0 Å². The zero-order valence-corrected chi connectivity index (χ0v) is 20.0. The lowest BCUT2D eigenvalue weighted by Crippen LogP contribution is -2.41. The molecule has 0 bridgehead atoms. The molecule has 0 saturated carbocycles. The Morgan fingerprint density at radius 1 is 1.04 bits per heavy atom. The maximum atomic E-state index is 5.09. The van der Waals surface area contributed by atoms with Gasteiger partial charge in [0.15, 0.2) is 5.96 Å². The fraction of sp³-hybridized carbons (Fsp3) is 0.650. The number of rotatable bonds is 12. The summed E-state index contributed by atoms with van der Waals surface area (Å²) in [7, 11) is 8.05. The third-order valence-electron chi connectivity index (χ3n) is 3.96. The zero-order valence-electron chi connectivity index (χ0n) is 17.6. The molecule has 1 rings (SSSR count). The Labute approximate surface area is 182 Å². The van der Waals surface area contributed by atoms with E-state index in [9.17, 15) is 0 Å². The van der Waals surface area contributed by atoms with Crippen LogP contribution in [-0.2, 0) is 17.8 Å². The van der Waals surface area contributed by atoms with Gasteiger partial charge < -0.3 is 25.2 Å². The van der Waals surface area contributed by atoms with Crippen LogP contribution in [0.2, 0.25) is 0 Å². The summed E-state index contributed by atoms with van der Waals surface area (Å²) in [6.07, 6.45) is 1.06. The molecule has 27 heavy (non-hydrogen) atoms. The first-order valence-corrected chi connectivity index (χ1v) is 9.47. The van der Waals surface area contributed by atoms with Gasteiger partial charge in [-0.1, -0.05) is 24.3 Å². The van der Waals surface area contributed by atoms with Gasteiger partial charge in [-0.15, -0.1) is 24.0 Å². The van der Waals surface area contributed by atoms with Gasteiger partial charge >= 0.3 is 0 Å². The first-order chi connectivity index (χ1) is 12.5. The summed E-state index contributed by atoms with van der Waals surface area (Å²) < 4.78 is 5.09. The number of nitrogens with one attached hydrogen (secondary N) is 2. The highest BCUT2D eigenvalue weighted by atomic mass is 127. The van der Waals surface area contributed by atoms with E-state index in [2.05, 4.69) is 72.8 Å². The molecule has 1 aromatic rings. The van der Waals surface area contributed by atoms with Gasteiger partial charge in [-0.3, -0.25) is 0 Å². The van der Waals surface area contributed by atoms with Gasteiger partial charge in [0.05, 0.1) is 6.54 Å². The Morgan fingerprint density at radius 2 is 1.70 bits per heavy atom. The van der Waals surface area contributed by atoms with Crippen LogP contribution in [0.1, 0.15) is 24.5 Å². The predicted octanol–water partition coefficient (Wildman–Crippen LogP) is 2.39. The Balaban J connectivity index is 0.00000676. The Morgan fingerprint density at radius 3 is 2.30 bits per heavy atom. The molecule has 7 heteroatoms. The highest BCUT2D eigenvalue weighted by Crippen LogP contribution is 2.07. The van der Waals surface area contributed by atoms with Crippen LogP contribution in [-0.4, -0.2) is 76.8 Å². The molecule has 0 radical (unpaired) electrons. The van der Waals surface area contributed by atoms with Crippen molar-refractivity contribution in [2.24, 2.45) is 4.99 Å². The maximum Gasteiger partial charge on any atom is 0.191 e. The Hall–Kier alpha value is -0.900. The van der Waals surface area contributed by atoms with E-state index in [1.165, 1.54) is 11.1 Å². The van der Waals surface area contributed by atoms with Crippen molar-refractivity contribution in [3.05, 3.63) is 35.4 Å². The van der Waals surface area contributed by atoms with E-state index in [1.54, 1.807) is 7.11 Å². The molecule has 0 aliphatic heterocycles. The van der Waals surface area contributed by atoms with Crippen LogP contribution in [0.5, 0.6) is 0 Å². The number of likely N-dealkylation sites (N-methyl/N-ethyl adjacent to an activating group) is 1. The van der Waals surface area contributed by atoms with Gasteiger partial charge in [-0.2, -0.15) is 0 Å². The molecule has 156 valence electrons. The number of nitrogens with zero attached hydrogens (tertiary/aromatic N) is 3. The minimum atomic E-state index is 0. The number of aliphatic imine (C=N–C) groups is 1. The summed E-state index contributed by atoms with van der Waals surface area (Å²) in [6, 6.07) is 8.69. The minimum Gasteiger partial charge on any atom is -0.385 e. The van der Waals surface area contributed by atoms with Crippen LogP contribution >= 0.6 is 24.0 Å². The molecule has 0 amide bonds. The molecule has 0 aliphatic rings. The quantitative estimate of drug-likeness (QED) is 0.204. The molecule has 0 aromatic heterocycles. The largest absolute Gasteiger partial charge is 0.385 e. The summed E-state index contributed by atoms with van der Waals surface area (Å²) in [5.41, 5.74) is 2.55. The molecule has 1 aromatic carbocycles. The van der Waals surface area contributed by atoms with Crippen LogP contribution in [0.25, 0.3) is 0 Å². The average Bonchev–Trinajstić information content (AvgIpc) is 2.60. The lowest BCUT2D eigenvalue weighted by Gasteiger charge is -2.18.